The van der Waals surface area contributed by atoms with Crippen LogP contribution in [-0.2, 0) is 4.74 Å². The van der Waals surface area contributed by atoms with Crippen LogP contribution in [0, 0.1) is 0 Å². The lowest BCUT2D eigenvalue weighted by molar-refractivity contribution is -0.181. The van der Waals surface area contributed by atoms with E-state index in [4.69, 9.17) is 4.74 Å². The second kappa shape index (κ2) is 7.84. The van der Waals surface area contributed by atoms with Crippen molar-refractivity contribution >= 4 is 6.03 Å². The summed E-state index contributed by atoms with van der Waals surface area (Å²) < 4.78 is 42.8. The Morgan fingerprint density at radius 2 is 1.81 bits per heavy atom. The van der Waals surface area contributed by atoms with Gasteiger partial charge in [-0.05, 0) is 20.3 Å². The third-order valence-electron chi connectivity index (χ3n) is 3.75. The predicted molar refractivity (Wildman–Crippen MR) is 73.1 cm³/mol. The summed E-state index contributed by atoms with van der Waals surface area (Å²) in [5.41, 5.74) is 0. The molecule has 0 radical (unpaired) electrons. The van der Waals surface area contributed by atoms with E-state index in [0.29, 0.717) is 26.1 Å². The molecule has 1 saturated heterocycles. The van der Waals surface area contributed by atoms with Crippen LogP contribution in [0.15, 0.2) is 0 Å². The molecule has 1 rings (SSSR count). The highest BCUT2D eigenvalue weighted by Gasteiger charge is 2.41. The van der Waals surface area contributed by atoms with Gasteiger partial charge >= 0.3 is 12.2 Å². The van der Waals surface area contributed by atoms with Crippen LogP contribution >= 0.6 is 0 Å². The number of nitrogens with zero attached hydrogens (tertiary/aromatic N) is 2. The summed E-state index contributed by atoms with van der Waals surface area (Å²) in [5, 5.41) is 2.82. The number of hydrogen-bond donors (Lipinski definition) is 1. The van der Waals surface area contributed by atoms with Gasteiger partial charge in [-0.15, -0.1) is 0 Å². The van der Waals surface area contributed by atoms with E-state index in [0.717, 1.165) is 6.92 Å². The van der Waals surface area contributed by atoms with Crippen LogP contribution in [-0.4, -0.2) is 74.0 Å². The second-order valence-corrected chi connectivity index (χ2v) is 5.37. The quantitative estimate of drug-likeness (QED) is 0.840. The zero-order chi connectivity index (χ0) is 16.0. The van der Waals surface area contributed by atoms with E-state index in [9.17, 15) is 18.0 Å². The molecular formula is C13H24F3N3O2. The zero-order valence-corrected chi connectivity index (χ0v) is 12.7. The number of urea groups is 1. The number of ether oxygens (including phenoxy) is 1. The highest BCUT2D eigenvalue weighted by molar-refractivity contribution is 5.74. The summed E-state index contributed by atoms with van der Waals surface area (Å²) in [6.45, 7) is 4.67. The van der Waals surface area contributed by atoms with Gasteiger partial charge in [0.05, 0.1) is 0 Å². The van der Waals surface area contributed by atoms with Gasteiger partial charge in [0.15, 0.2) is 0 Å². The Balaban J connectivity index is 2.37. The standard InChI is InChI=1S/C13H24F3N3O2/c1-10(4-9-21-3)17-12(20)19-7-5-18(6-8-19)11(2)13(14,15)16/h10-11H,4-9H2,1-3H3,(H,17,20). The van der Waals surface area contributed by atoms with E-state index in [-0.39, 0.29) is 25.2 Å². The molecule has 0 saturated carbocycles. The number of halogens is 3. The van der Waals surface area contributed by atoms with E-state index in [1.54, 1.807) is 12.0 Å². The first kappa shape index (κ1) is 18.0. The average Bonchev–Trinajstić information content (AvgIpc) is 2.43. The summed E-state index contributed by atoms with van der Waals surface area (Å²) in [7, 11) is 1.59. The molecule has 1 aliphatic rings. The number of carbonyl (C=O) groups is 1. The fraction of sp³-hybridized carbons (Fsp3) is 0.923. The van der Waals surface area contributed by atoms with Gasteiger partial charge in [0.25, 0.3) is 0 Å². The number of hydrogen-bond acceptors (Lipinski definition) is 3. The summed E-state index contributed by atoms with van der Waals surface area (Å²) in [6.07, 6.45) is -3.52. The number of alkyl halides is 3. The van der Waals surface area contributed by atoms with Crippen molar-refractivity contribution in [2.24, 2.45) is 0 Å². The Bertz CT molecular complexity index is 331. The average molecular weight is 311 g/mol. The lowest BCUT2D eigenvalue weighted by atomic mass is 10.2. The molecule has 1 N–H and O–H groups in total. The molecule has 0 aromatic heterocycles. The zero-order valence-electron chi connectivity index (χ0n) is 12.7. The first-order valence-corrected chi connectivity index (χ1v) is 7.11. The van der Waals surface area contributed by atoms with E-state index in [1.807, 2.05) is 6.92 Å². The molecule has 0 bridgehead atoms. The normalized spacial score (nSPS) is 20.2. The Hall–Kier alpha value is -1.02. The van der Waals surface area contributed by atoms with Crippen LogP contribution in [0.1, 0.15) is 20.3 Å². The summed E-state index contributed by atoms with van der Waals surface area (Å²) in [6, 6.07) is -1.72. The molecule has 5 nitrogen and oxygen atoms in total. The molecule has 0 aliphatic carbocycles. The summed E-state index contributed by atoms with van der Waals surface area (Å²) in [5.74, 6) is 0. The minimum atomic E-state index is -4.22. The highest BCUT2D eigenvalue weighted by Crippen LogP contribution is 2.25. The van der Waals surface area contributed by atoms with E-state index < -0.39 is 12.2 Å². The Kier molecular flexibility index (Phi) is 6.73. The molecule has 8 heteroatoms. The van der Waals surface area contributed by atoms with Crippen molar-refractivity contribution in [2.75, 3.05) is 39.9 Å². The first-order valence-electron chi connectivity index (χ1n) is 7.11. The third kappa shape index (κ3) is 5.70. The molecule has 1 heterocycles. The maximum atomic E-state index is 12.6. The number of carbonyl (C=O) groups excluding carboxylic acids is 1. The van der Waals surface area contributed by atoms with Gasteiger partial charge in [0.2, 0.25) is 0 Å². The minimum absolute atomic E-state index is 0.0235. The molecular weight excluding hydrogens is 287 g/mol. The van der Waals surface area contributed by atoms with Crippen molar-refractivity contribution in [2.45, 2.75) is 38.5 Å². The Morgan fingerprint density at radius 3 is 2.29 bits per heavy atom. The monoisotopic (exact) mass is 311 g/mol. The van der Waals surface area contributed by atoms with Gasteiger partial charge in [-0.2, -0.15) is 13.2 Å². The third-order valence-corrected chi connectivity index (χ3v) is 3.75. The molecule has 1 aliphatic heterocycles. The molecule has 21 heavy (non-hydrogen) atoms. The molecule has 2 atom stereocenters. The number of rotatable bonds is 5. The summed E-state index contributed by atoms with van der Waals surface area (Å²) >= 11 is 0. The van der Waals surface area contributed by atoms with Gasteiger partial charge < -0.3 is 15.0 Å². The van der Waals surface area contributed by atoms with Gasteiger partial charge in [0.1, 0.15) is 6.04 Å². The SMILES string of the molecule is COCCC(C)NC(=O)N1CCN(C(C)C(F)(F)F)CC1. The maximum absolute atomic E-state index is 12.6. The molecule has 1 fully saturated rings. The fourth-order valence-corrected chi connectivity index (χ4v) is 2.19. The molecule has 2 amide bonds. The van der Waals surface area contributed by atoms with Crippen LogP contribution in [0.2, 0.25) is 0 Å². The fourth-order valence-electron chi connectivity index (χ4n) is 2.19. The molecule has 0 spiro atoms. The number of amides is 2. The lowest BCUT2D eigenvalue weighted by Gasteiger charge is -2.38. The van der Waals surface area contributed by atoms with Gasteiger partial charge in [-0.25, -0.2) is 4.79 Å². The van der Waals surface area contributed by atoms with Crippen molar-refractivity contribution in [3.63, 3.8) is 0 Å². The number of methoxy groups -OCH3 is 1. The molecule has 0 aromatic carbocycles. The van der Waals surface area contributed by atoms with Crippen LogP contribution < -0.4 is 5.32 Å². The minimum Gasteiger partial charge on any atom is -0.385 e. The first-order chi connectivity index (χ1) is 9.75. The highest BCUT2D eigenvalue weighted by atomic mass is 19.4. The van der Waals surface area contributed by atoms with Crippen molar-refractivity contribution in [3.05, 3.63) is 0 Å². The Morgan fingerprint density at radius 1 is 1.24 bits per heavy atom. The van der Waals surface area contributed by atoms with Crippen molar-refractivity contribution in [3.8, 4) is 0 Å². The van der Waals surface area contributed by atoms with Crippen molar-refractivity contribution < 1.29 is 22.7 Å². The second-order valence-electron chi connectivity index (χ2n) is 5.37. The largest absolute Gasteiger partial charge is 0.403 e. The van der Waals surface area contributed by atoms with Gasteiger partial charge in [-0.1, -0.05) is 0 Å². The number of piperazine rings is 1. The van der Waals surface area contributed by atoms with Gasteiger partial charge in [0, 0.05) is 45.9 Å². The van der Waals surface area contributed by atoms with Crippen LogP contribution in [0.25, 0.3) is 0 Å². The lowest BCUT2D eigenvalue weighted by Crippen LogP contribution is -2.57. The van der Waals surface area contributed by atoms with Crippen molar-refractivity contribution in [1.82, 2.24) is 15.1 Å². The van der Waals surface area contributed by atoms with E-state index in [2.05, 4.69) is 5.32 Å². The molecule has 2 unspecified atom stereocenters. The van der Waals surface area contributed by atoms with Crippen molar-refractivity contribution in [1.29, 1.82) is 0 Å². The predicted octanol–water partition coefficient (Wildman–Crippen LogP) is 1.69. The smallest absolute Gasteiger partial charge is 0.385 e. The van der Waals surface area contributed by atoms with Crippen LogP contribution in [0.4, 0.5) is 18.0 Å². The topological polar surface area (TPSA) is 44.8 Å². The van der Waals surface area contributed by atoms with Gasteiger partial charge in [-0.3, -0.25) is 4.90 Å². The maximum Gasteiger partial charge on any atom is 0.403 e. The van der Waals surface area contributed by atoms with E-state index >= 15 is 0 Å². The Labute approximate surface area is 123 Å². The van der Waals surface area contributed by atoms with E-state index in [1.165, 1.54) is 4.90 Å². The van der Waals surface area contributed by atoms with Crippen LogP contribution in [0.5, 0.6) is 0 Å². The van der Waals surface area contributed by atoms with Crippen LogP contribution in [0.3, 0.4) is 0 Å². The molecule has 0 aromatic rings. The number of nitrogens with one attached hydrogen (secondary N) is 1. The molecule has 124 valence electrons. The summed E-state index contributed by atoms with van der Waals surface area (Å²) in [4.78, 5) is 14.9.